The molecule has 5 heteroatoms. The molecule has 0 aromatic heterocycles. The molecule has 0 spiro atoms. The molecule has 0 heterocycles. The molecule has 0 aromatic rings. The van der Waals surface area contributed by atoms with E-state index in [0.29, 0.717) is 0 Å². The van der Waals surface area contributed by atoms with Gasteiger partial charge in [-0.15, -0.1) is 0 Å². The first kappa shape index (κ1) is 11.4. The number of hydrogen-bond donors (Lipinski definition) is 1. The molecule has 0 aliphatic carbocycles. The molecule has 4 nitrogen and oxygen atoms in total. The Labute approximate surface area is 79.0 Å². The number of halogens is 1. The molecule has 0 fully saturated rings. The van der Waals surface area contributed by atoms with Crippen LogP contribution >= 0.6 is 15.9 Å². The average molecular weight is 239 g/mol. The zero-order chi connectivity index (χ0) is 9.78. The minimum Gasteiger partial charge on any atom is -0.481 e. The smallest absolute Gasteiger partial charge is 0.322 e. The minimum atomic E-state index is -0.977. The monoisotopic (exact) mass is 238 g/mol. The van der Waals surface area contributed by atoms with Crippen LogP contribution in [-0.4, -0.2) is 28.0 Å². The SMILES string of the molecule is CC(C)(Br)C(=O)OCCC(=O)O. The summed E-state index contributed by atoms with van der Waals surface area (Å²) in [4.78, 5) is 21.0. The molecule has 1 N–H and O–H groups in total. The molecule has 0 rings (SSSR count). The van der Waals surface area contributed by atoms with Gasteiger partial charge in [0.05, 0.1) is 6.42 Å². The quantitative estimate of drug-likeness (QED) is 0.591. The molecule has 0 amide bonds. The normalized spacial score (nSPS) is 10.9. The third-order valence-electron chi connectivity index (χ3n) is 1.03. The summed E-state index contributed by atoms with van der Waals surface area (Å²) in [5.41, 5.74) is 0. The molecular formula is C7H11BrO4. The van der Waals surface area contributed by atoms with Crippen LogP contribution in [0.25, 0.3) is 0 Å². The number of aliphatic carboxylic acids is 1. The Hall–Kier alpha value is -0.580. The van der Waals surface area contributed by atoms with Crippen LogP contribution in [0, 0.1) is 0 Å². The van der Waals surface area contributed by atoms with Crippen molar-refractivity contribution < 1.29 is 19.4 Å². The van der Waals surface area contributed by atoms with E-state index < -0.39 is 16.3 Å². The van der Waals surface area contributed by atoms with Crippen LogP contribution in [0.1, 0.15) is 20.3 Å². The largest absolute Gasteiger partial charge is 0.481 e. The highest BCUT2D eigenvalue weighted by molar-refractivity contribution is 9.10. The number of carboxylic acids is 1. The standard InChI is InChI=1S/C7H11BrO4/c1-7(2,8)6(11)12-4-3-5(9)10/h3-4H2,1-2H3,(H,9,10). The van der Waals surface area contributed by atoms with Crippen LogP contribution in [0.3, 0.4) is 0 Å². The van der Waals surface area contributed by atoms with Gasteiger partial charge in [-0.05, 0) is 13.8 Å². The van der Waals surface area contributed by atoms with Crippen LogP contribution in [0.4, 0.5) is 0 Å². The van der Waals surface area contributed by atoms with Crippen molar-refractivity contribution in [3.8, 4) is 0 Å². The molecule has 0 saturated heterocycles. The summed E-state index contributed by atoms with van der Waals surface area (Å²) in [5.74, 6) is -1.43. The van der Waals surface area contributed by atoms with Crippen molar-refractivity contribution in [3.05, 3.63) is 0 Å². The van der Waals surface area contributed by atoms with Crippen LogP contribution in [0.2, 0.25) is 0 Å². The molecule has 0 aliphatic heterocycles. The van der Waals surface area contributed by atoms with Crippen LogP contribution < -0.4 is 0 Å². The first-order valence-corrected chi connectivity index (χ1v) is 4.21. The highest BCUT2D eigenvalue weighted by atomic mass is 79.9. The molecule has 0 aromatic carbocycles. The number of carboxylic acid groups (broad SMARTS) is 1. The fraction of sp³-hybridized carbons (Fsp3) is 0.714. The lowest BCUT2D eigenvalue weighted by molar-refractivity contribution is -0.147. The Balaban J connectivity index is 3.66. The van der Waals surface area contributed by atoms with Crippen molar-refractivity contribution in [3.63, 3.8) is 0 Å². The second kappa shape index (κ2) is 4.45. The number of rotatable bonds is 4. The molecule has 0 unspecified atom stereocenters. The Morgan fingerprint density at radius 1 is 1.50 bits per heavy atom. The van der Waals surface area contributed by atoms with E-state index in [-0.39, 0.29) is 13.0 Å². The molecular weight excluding hydrogens is 228 g/mol. The zero-order valence-electron chi connectivity index (χ0n) is 6.96. The molecule has 0 bridgehead atoms. The van der Waals surface area contributed by atoms with Gasteiger partial charge in [-0.1, -0.05) is 15.9 Å². The summed E-state index contributed by atoms with van der Waals surface area (Å²) >= 11 is 3.09. The topological polar surface area (TPSA) is 63.6 Å². The van der Waals surface area contributed by atoms with Crippen LogP contribution in [0.5, 0.6) is 0 Å². The van der Waals surface area contributed by atoms with Gasteiger partial charge in [0.25, 0.3) is 0 Å². The summed E-state index contributed by atoms with van der Waals surface area (Å²) < 4.78 is 3.91. The Morgan fingerprint density at radius 3 is 2.33 bits per heavy atom. The molecule has 0 radical (unpaired) electrons. The van der Waals surface area contributed by atoms with Gasteiger partial charge in [0.15, 0.2) is 0 Å². The number of esters is 1. The van der Waals surface area contributed by atoms with Gasteiger partial charge in [0, 0.05) is 0 Å². The molecule has 0 atom stereocenters. The van der Waals surface area contributed by atoms with Gasteiger partial charge in [-0.3, -0.25) is 9.59 Å². The molecule has 12 heavy (non-hydrogen) atoms. The highest BCUT2D eigenvalue weighted by Crippen LogP contribution is 2.17. The van der Waals surface area contributed by atoms with E-state index in [1.54, 1.807) is 13.8 Å². The average Bonchev–Trinajstić information content (AvgIpc) is 1.84. The number of carbonyl (C=O) groups is 2. The maximum absolute atomic E-state index is 11.0. The van der Waals surface area contributed by atoms with Crippen molar-refractivity contribution in [1.29, 1.82) is 0 Å². The van der Waals surface area contributed by atoms with E-state index in [0.717, 1.165) is 0 Å². The second-order valence-corrected chi connectivity index (χ2v) is 4.73. The van der Waals surface area contributed by atoms with Crippen LogP contribution in [-0.2, 0) is 14.3 Å². The first-order chi connectivity index (χ1) is 5.34. The lowest BCUT2D eigenvalue weighted by atomic mass is 10.2. The van der Waals surface area contributed by atoms with Crippen molar-refractivity contribution in [2.24, 2.45) is 0 Å². The summed E-state index contributed by atoms with van der Waals surface area (Å²) in [6, 6.07) is 0. The fourth-order valence-electron chi connectivity index (χ4n) is 0.403. The van der Waals surface area contributed by atoms with E-state index in [1.165, 1.54) is 0 Å². The Morgan fingerprint density at radius 2 is 2.00 bits per heavy atom. The molecule has 70 valence electrons. The third-order valence-corrected chi connectivity index (χ3v) is 1.36. The number of carbonyl (C=O) groups excluding carboxylic acids is 1. The first-order valence-electron chi connectivity index (χ1n) is 3.42. The van der Waals surface area contributed by atoms with Gasteiger partial charge in [-0.25, -0.2) is 0 Å². The molecule has 0 aliphatic rings. The third kappa shape index (κ3) is 5.12. The van der Waals surface area contributed by atoms with Gasteiger partial charge in [0.2, 0.25) is 0 Å². The van der Waals surface area contributed by atoms with Crippen molar-refractivity contribution >= 4 is 27.9 Å². The maximum Gasteiger partial charge on any atom is 0.322 e. The van der Waals surface area contributed by atoms with Crippen LogP contribution in [0.15, 0.2) is 0 Å². The van der Waals surface area contributed by atoms with E-state index in [9.17, 15) is 9.59 Å². The van der Waals surface area contributed by atoms with Gasteiger partial charge < -0.3 is 9.84 Å². The van der Waals surface area contributed by atoms with Crippen molar-refractivity contribution in [2.45, 2.75) is 24.6 Å². The van der Waals surface area contributed by atoms with E-state index in [1.807, 2.05) is 0 Å². The summed E-state index contributed by atoms with van der Waals surface area (Å²) in [6.45, 7) is 3.19. The van der Waals surface area contributed by atoms with E-state index in [2.05, 4.69) is 20.7 Å². The highest BCUT2D eigenvalue weighted by Gasteiger charge is 2.25. The number of alkyl halides is 1. The van der Waals surface area contributed by atoms with Gasteiger partial charge >= 0.3 is 11.9 Å². The summed E-state index contributed by atoms with van der Waals surface area (Å²) in [5, 5.41) is 8.23. The van der Waals surface area contributed by atoms with E-state index >= 15 is 0 Å². The minimum absolute atomic E-state index is 0.0802. The lowest BCUT2D eigenvalue weighted by Gasteiger charge is -2.13. The van der Waals surface area contributed by atoms with Gasteiger partial charge in [0.1, 0.15) is 10.9 Å². The predicted octanol–water partition coefficient (Wildman–Crippen LogP) is 1.18. The Kier molecular flexibility index (Phi) is 4.23. The van der Waals surface area contributed by atoms with Gasteiger partial charge in [-0.2, -0.15) is 0 Å². The Bertz CT molecular complexity index is 182. The lowest BCUT2D eigenvalue weighted by Crippen LogP contribution is -2.27. The fourth-order valence-corrected chi connectivity index (χ4v) is 0.517. The zero-order valence-corrected chi connectivity index (χ0v) is 8.55. The second-order valence-electron chi connectivity index (χ2n) is 2.75. The predicted molar refractivity (Wildman–Crippen MR) is 46.2 cm³/mol. The number of hydrogen-bond acceptors (Lipinski definition) is 3. The van der Waals surface area contributed by atoms with Crippen molar-refractivity contribution in [2.75, 3.05) is 6.61 Å². The number of ether oxygens (including phenoxy) is 1. The molecule has 0 saturated carbocycles. The van der Waals surface area contributed by atoms with Crippen molar-refractivity contribution in [1.82, 2.24) is 0 Å². The maximum atomic E-state index is 11.0. The van der Waals surface area contributed by atoms with E-state index in [4.69, 9.17) is 5.11 Å². The summed E-state index contributed by atoms with van der Waals surface area (Å²) in [7, 11) is 0. The summed E-state index contributed by atoms with van der Waals surface area (Å²) in [6.07, 6.45) is -0.158.